The molecule has 5 aromatic rings. The van der Waals surface area contributed by atoms with Crippen LogP contribution in [-0.4, -0.2) is 46.6 Å². The lowest BCUT2D eigenvalue weighted by Gasteiger charge is -2.13. The number of nitriles is 1. The van der Waals surface area contributed by atoms with Crippen molar-refractivity contribution < 1.29 is 4.74 Å². The lowest BCUT2D eigenvalue weighted by molar-refractivity contribution is 0.415. The largest absolute Gasteiger partial charge is 0.497 e. The highest BCUT2D eigenvalue weighted by Gasteiger charge is 2.23. The molecule has 0 aliphatic carbocycles. The van der Waals surface area contributed by atoms with E-state index < -0.39 is 0 Å². The SMILES string of the molecule is COc1cc(C#N)cc(-c2nn(C(C)c3ccnc(-c4cnn(C)c4)n3)c3ncnc(N)c23)c1. The van der Waals surface area contributed by atoms with E-state index in [9.17, 15) is 5.26 Å². The summed E-state index contributed by atoms with van der Waals surface area (Å²) in [5.41, 5.74) is 10.0. The first-order valence-electron chi connectivity index (χ1n) is 10.4. The molecule has 4 aromatic heterocycles. The zero-order chi connectivity index (χ0) is 23.8. The Morgan fingerprint density at radius 1 is 1.15 bits per heavy atom. The van der Waals surface area contributed by atoms with Crippen LogP contribution in [0.15, 0.2) is 49.2 Å². The Balaban J connectivity index is 1.67. The maximum atomic E-state index is 9.46. The lowest BCUT2D eigenvalue weighted by atomic mass is 10.1. The van der Waals surface area contributed by atoms with Gasteiger partial charge in [-0.25, -0.2) is 24.6 Å². The predicted molar refractivity (Wildman–Crippen MR) is 124 cm³/mol. The highest BCUT2D eigenvalue weighted by atomic mass is 16.5. The molecule has 1 aromatic carbocycles. The number of nitrogens with zero attached hydrogens (tertiary/aromatic N) is 9. The van der Waals surface area contributed by atoms with Crippen LogP contribution in [0.25, 0.3) is 33.7 Å². The van der Waals surface area contributed by atoms with Crippen molar-refractivity contribution in [2.24, 2.45) is 7.05 Å². The number of nitrogens with two attached hydrogens (primary N) is 1. The van der Waals surface area contributed by atoms with Gasteiger partial charge in [0.25, 0.3) is 0 Å². The number of rotatable bonds is 5. The van der Waals surface area contributed by atoms with Gasteiger partial charge in [-0.2, -0.15) is 15.5 Å². The van der Waals surface area contributed by atoms with Gasteiger partial charge in [-0.05, 0) is 31.2 Å². The number of aryl methyl sites for hydroxylation is 1. The van der Waals surface area contributed by atoms with Crippen LogP contribution in [0.2, 0.25) is 0 Å². The van der Waals surface area contributed by atoms with Crippen LogP contribution in [0.1, 0.15) is 24.2 Å². The van der Waals surface area contributed by atoms with Crippen molar-refractivity contribution in [1.82, 2.24) is 39.5 Å². The molecule has 11 heteroatoms. The van der Waals surface area contributed by atoms with Gasteiger partial charge in [0.2, 0.25) is 0 Å². The molecule has 0 bridgehead atoms. The summed E-state index contributed by atoms with van der Waals surface area (Å²) in [4.78, 5) is 17.7. The maximum absolute atomic E-state index is 9.46. The number of fused-ring (bicyclic) bond motifs is 1. The molecule has 11 nitrogen and oxygen atoms in total. The molecule has 0 aliphatic rings. The van der Waals surface area contributed by atoms with E-state index in [0.717, 1.165) is 11.3 Å². The average molecular weight is 452 g/mol. The number of hydrogen-bond acceptors (Lipinski definition) is 9. The molecule has 0 amide bonds. The molecular formula is C23H20N10O. The van der Waals surface area contributed by atoms with E-state index in [1.54, 1.807) is 47.1 Å². The highest BCUT2D eigenvalue weighted by Crippen LogP contribution is 2.35. The Kier molecular flexibility index (Phi) is 5.10. The zero-order valence-electron chi connectivity index (χ0n) is 18.7. The molecule has 1 unspecified atom stereocenters. The maximum Gasteiger partial charge on any atom is 0.164 e. The number of ether oxygens (including phenoxy) is 1. The number of benzene rings is 1. The summed E-state index contributed by atoms with van der Waals surface area (Å²) < 4.78 is 8.82. The molecule has 34 heavy (non-hydrogen) atoms. The molecule has 168 valence electrons. The van der Waals surface area contributed by atoms with Gasteiger partial charge in [0.05, 0.1) is 47.6 Å². The van der Waals surface area contributed by atoms with Gasteiger partial charge < -0.3 is 10.5 Å². The topological polar surface area (TPSA) is 146 Å². The van der Waals surface area contributed by atoms with Crippen molar-refractivity contribution in [3.05, 3.63) is 60.4 Å². The molecule has 1 atom stereocenters. The van der Waals surface area contributed by atoms with Crippen molar-refractivity contribution in [1.29, 1.82) is 5.26 Å². The fourth-order valence-electron chi connectivity index (χ4n) is 3.79. The number of anilines is 1. The molecule has 0 saturated heterocycles. The lowest BCUT2D eigenvalue weighted by Crippen LogP contribution is -2.12. The fourth-order valence-corrected chi connectivity index (χ4v) is 3.79. The van der Waals surface area contributed by atoms with Gasteiger partial charge in [-0.3, -0.25) is 4.68 Å². The fraction of sp³-hybridized carbons (Fsp3) is 0.174. The van der Waals surface area contributed by atoms with Crippen molar-refractivity contribution in [3.8, 4) is 34.5 Å². The highest BCUT2D eigenvalue weighted by molar-refractivity contribution is 5.98. The number of methoxy groups -OCH3 is 1. The minimum absolute atomic E-state index is 0.290. The quantitative estimate of drug-likeness (QED) is 0.425. The first-order chi connectivity index (χ1) is 16.5. The molecule has 5 rings (SSSR count). The van der Waals surface area contributed by atoms with E-state index in [4.69, 9.17) is 20.6 Å². The van der Waals surface area contributed by atoms with E-state index in [1.165, 1.54) is 6.33 Å². The van der Waals surface area contributed by atoms with Crippen molar-refractivity contribution in [3.63, 3.8) is 0 Å². The summed E-state index contributed by atoms with van der Waals surface area (Å²) in [5.74, 6) is 1.39. The smallest absolute Gasteiger partial charge is 0.164 e. The van der Waals surface area contributed by atoms with E-state index in [-0.39, 0.29) is 6.04 Å². The van der Waals surface area contributed by atoms with Gasteiger partial charge in [-0.1, -0.05) is 0 Å². The van der Waals surface area contributed by atoms with Crippen LogP contribution in [0.4, 0.5) is 5.82 Å². The van der Waals surface area contributed by atoms with Gasteiger partial charge in [-0.15, -0.1) is 0 Å². The van der Waals surface area contributed by atoms with E-state index in [1.807, 2.05) is 26.2 Å². The minimum atomic E-state index is -0.301. The molecule has 0 spiro atoms. The summed E-state index contributed by atoms with van der Waals surface area (Å²) in [6.07, 6.45) is 6.68. The summed E-state index contributed by atoms with van der Waals surface area (Å²) in [6, 6.07) is 8.88. The molecule has 0 aliphatic heterocycles. The van der Waals surface area contributed by atoms with E-state index in [0.29, 0.717) is 45.2 Å². The van der Waals surface area contributed by atoms with Crippen LogP contribution in [0.5, 0.6) is 5.75 Å². The summed E-state index contributed by atoms with van der Waals surface area (Å²) in [7, 11) is 3.39. The van der Waals surface area contributed by atoms with Crippen LogP contribution < -0.4 is 10.5 Å². The number of aromatic nitrogens is 8. The van der Waals surface area contributed by atoms with Crippen molar-refractivity contribution in [2.75, 3.05) is 12.8 Å². The third kappa shape index (κ3) is 3.57. The van der Waals surface area contributed by atoms with Crippen molar-refractivity contribution >= 4 is 16.9 Å². The van der Waals surface area contributed by atoms with E-state index in [2.05, 4.69) is 26.1 Å². The molecule has 2 N–H and O–H groups in total. The van der Waals surface area contributed by atoms with Gasteiger partial charge >= 0.3 is 0 Å². The van der Waals surface area contributed by atoms with E-state index >= 15 is 0 Å². The summed E-state index contributed by atoms with van der Waals surface area (Å²) in [6.45, 7) is 1.97. The molecule has 4 heterocycles. The van der Waals surface area contributed by atoms with Gasteiger partial charge in [0.15, 0.2) is 11.5 Å². The third-order valence-corrected chi connectivity index (χ3v) is 5.50. The number of nitrogen functional groups attached to an aromatic ring is 1. The van der Waals surface area contributed by atoms with Crippen LogP contribution in [-0.2, 0) is 7.05 Å². The first kappa shape index (κ1) is 21.0. The monoisotopic (exact) mass is 452 g/mol. The Labute approximate surface area is 194 Å². The Morgan fingerprint density at radius 3 is 2.74 bits per heavy atom. The minimum Gasteiger partial charge on any atom is -0.497 e. The second-order valence-electron chi connectivity index (χ2n) is 7.70. The average Bonchev–Trinajstić information content (AvgIpc) is 3.48. The predicted octanol–water partition coefficient (Wildman–Crippen LogP) is 2.76. The first-order valence-corrected chi connectivity index (χ1v) is 10.4. The Bertz CT molecular complexity index is 1560. The molecular weight excluding hydrogens is 432 g/mol. The second kappa shape index (κ2) is 8.25. The molecule has 0 fully saturated rings. The van der Waals surface area contributed by atoms with Gasteiger partial charge in [0.1, 0.15) is 23.6 Å². The van der Waals surface area contributed by atoms with Crippen LogP contribution >= 0.6 is 0 Å². The normalized spacial score (nSPS) is 11.9. The Hall–Kier alpha value is -4.85. The summed E-state index contributed by atoms with van der Waals surface area (Å²) in [5, 5.41) is 19.1. The third-order valence-electron chi connectivity index (χ3n) is 5.50. The zero-order valence-corrected chi connectivity index (χ0v) is 18.7. The second-order valence-corrected chi connectivity index (χ2v) is 7.70. The van der Waals surface area contributed by atoms with Crippen molar-refractivity contribution in [2.45, 2.75) is 13.0 Å². The molecule has 0 saturated carbocycles. The number of hydrogen-bond donors (Lipinski definition) is 1. The molecule has 0 radical (unpaired) electrons. The standard InChI is InChI=1S/C23H20N10O/c1-13(18-4-5-26-22(30-18)16-10-29-32(2)11-16)33-23-19(21(25)27-12-28-23)20(31-33)15-6-14(9-24)7-17(8-15)34-3/h4-8,10-13H,1-3H3,(H2,25,27,28). The van der Waals surface area contributed by atoms with Crippen LogP contribution in [0, 0.1) is 11.3 Å². The Morgan fingerprint density at radius 2 is 2.00 bits per heavy atom. The summed E-state index contributed by atoms with van der Waals surface area (Å²) >= 11 is 0. The van der Waals surface area contributed by atoms with Crippen LogP contribution in [0.3, 0.4) is 0 Å². The van der Waals surface area contributed by atoms with Gasteiger partial charge in [0, 0.05) is 25.0 Å².